The highest BCUT2D eigenvalue weighted by atomic mass is 16.5. The van der Waals surface area contributed by atoms with Crippen LogP contribution in [0.1, 0.15) is 64.3 Å². The van der Waals surface area contributed by atoms with E-state index >= 15 is 0 Å². The number of carbonyl (C=O) groups is 2. The third-order valence-electron chi connectivity index (χ3n) is 5.61. The number of nitrogens with one attached hydrogen (secondary N) is 1. The van der Waals surface area contributed by atoms with Crippen molar-refractivity contribution in [1.82, 2.24) is 14.8 Å². The summed E-state index contributed by atoms with van der Waals surface area (Å²) in [5.41, 5.74) is 3.28. The van der Waals surface area contributed by atoms with Gasteiger partial charge in [0, 0.05) is 32.9 Å². The fraction of sp³-hybridized carbons (Fsp3) is 0.478. The van der Waals surface area contributed by atoms with Crippen LogP contribution in [0.3, 0.4) is 0 Å². The number of nitrogens with zero attached hydrogens (tertiary/aromatic N) is 2. The Balaban J connectivity index is 1.86. The van der Waals surface area contributed by atoms with Crippen molar-refractivity contribution in [3.63, 3.8) is 0 Å². The summed E-state index contributed by atoms with van der Waals surface area (Å²) in [6, 6.07) is 11.7. The third-order valence-corrected chi connectivity index (χ3v) is 5.61. The Morgan fingerprint density at radius 3 is 2.69 bits per heavy atom. The van der Waals surface area contributed by atoms with Crippen LogP contribution in [0.4, 0.5) is 0 Å². The molecule has 6 nitrogen and oxygen atoms in total. The Labute approximate surface area is 172 Å². The van der Waals surface area contributed by atoms with Crippen LogP contribution >= 0.6 is 0 Å². The molecule has 1 aliphatic heterocycles. The molecule has 1 unspecified atom stereocenters. The molecule has 2 aromatic rings. The normalized spacial score (nSPS) is 14.2. The largest absolute Gasteiger partial charge is 0.383 e. The molecule has 1 aromatic carbocycles. The summed E-state index contributed by atoms with van der Waals surface area (Å²) in [6.45, 7) is 3.84. The number of hydrogen-bond acceptors (Lipinski definition) is 3. The van der Waals surface area contributed by atoms with Gasteiger partial charge in [-0.2, -0.15) is 0 Å². The molecule has 0 fully saturated rings. The molecule has 1 aliphatic rings. The van der Waals surface area contributed by atoms with Crippen LogP contribution in [-0.4, -0.2) is 48.6 Å². The molecular weight excluding hydrogens is 366 g/mol. The van der Waals surface area contributed by atoms with E-state index in [-0.39, 0.29) is 17.9 Å². The van der Waals surface area contributed by atoms with Crippen molar-refractivity contribution >= 4 is 11.8 Å². The number of hydrogen-bond donors (Lipinski definition) is 1. The van der Waals surface area contributed by atoms with E-state index in [4.69, 9.17) is 4.74 Å². The summed E-state index contributed by atoms with van der Waals surface area (Å²) in [7, 11) is 3.39. The molecule has 1 atom stereocenters. The number of likely N-dealkylation sites (N-methyl/N-ethyl adjacent to an activating group) is 1. The molecule has 0 spiro atoms. The van der Waals surface area contributed by atoms with Crippen LogP contribution in [0.2, 0.25) is 0 Å². The van der Waals surface area contributed by atoms with E-state index in [0.717, 1.165) is 43.5 Å². The lowest BCUT2D eigenvalue weighted by atomic mass is 10.0. The van der Waals surface area contributed by atoms with Crippen LogP contribution < -0.4 is 5.32 Å². The molecule has 0 saturated heterocycles. The number of carbonyl (C=O) groups excluding carboxylic acids is 2. The highest BCUT2D eigenvalue weighted by Crippen LogP contribution is 2.26. The maximum Gasteiger partial charge on any atom is 0.270 e. The van der Waals surface area contributed by atoms with Crippen LogP contribution in [0.25, 0.3) is 0 Å². The SMILES string of the molecule is CCC(NC(=O)c1cc(C(=O)N(C)CCOC)n2c1CCCC2)c1ccccc1. The molecule has 2 heterocycles. The predicted molar refractivity (Wildman–Crippen MR) is 113 cm³/mol. The summed E-state index contributed by atoms with van der Waals surface area (Å²) >= 11 is 0. The van der Waals surface area contributed by atoms with Crippen LogP contribution in [0, 0.1) is 0 Å². The molecule has 156 valence electrons. The number of benzene rings is 1. The first-order valence-electron chi connectivity index (χ1n) is 10.4. The summed E-state index contributed by atoms with van der Waals surface area (Å²) in [6.07, 6.45) is 3.68. The van der Waals surface area contributed by atoms with Crippen LogP contribution in [0.5, 0.6) is 0 Å². The van der Waals surface area contributed by atoms with E-state index in [9.17, 15) is 9.59 Å². The fourth-order valence-electron chi connectivity index (χ4n) is 3.92. The molecule has 0 bridgehead atoms. The Kier molecular flexibility index (Phi) is 7.09. The molecule has 29 heavy (non-hydrogen) atoms. The Hall–Kier alpha value is -2.60. The highest BCUT2D eigenvalue weighted by Gasteiger charge is 2.27. The van der Waals surface area contributed by atoms with Gasteiger partial charge in [0.15, 0.2) is 0 Å². The maximum atomic E-state index is 13.2. The van der Waals surface area contributed by atoms with Gasteiger partial charge in [-0.05, 0) is 37.3 Å². The Bertz CT molecular complexity index is 845. The first-order valence-corrected chi connectivity index (χ1v) is 10.4. The first-order chi connectivity index (χ1) is 14.1. The second-order valence-corrected chi connectivity index (χ2v) is 7.56. The topological polar surface area (TPSA) is 63.6 Å². The molecule has 3 rings (SSSR count). The molecule has 6 heteroatoms. The van der Waals surface area contributed by atoms with Crippen LogP contribution in [-0.2, 0) is 17.7 Å². The summed E-state index contributed by atoms with van der Waals surface area (Å²) in [5, 5.41) is 3.17. The second kappa shape index (κ2) is 9.74. The average Bonchev–Trinajstić information content (AvgIpc) is 3.15. The van der Waals surface area contributed by atoms with E-state index in [0.29, 0.717) is 24.4 Å². The molecule has 1 aromatic heterocycles. The van der Waals surface area contributed by atoms with Crippen molar-refractivity contribution < 1.29 is 14.3 Å². The van der Waals surface area contributed by atoms with E-state index in [1.807, 2.05) is 34.9 Å². The second-order valence-electron chi connectivity index (χ2n) is 7.56. The van der Waals surface area contributed by atoms with Crippen molar-refractivity contribution in [2.75, 3.05) is 27.3 Å². The molecular formula is C23H31N3O3. The van der Waals surface area contributed by atoms with Crippen molar-refractivity contribution in [2.45, 2.75) is 45.2 Å². The number of aromatic nitrogens is 1. The lowest BCUT2D eigenvalue weighted by molar-refractivity contribution is 0.0732. The van der Waals surface area contributed by atoms with Gasteiger partial charge in [-0.25, -0.2) is 0 Å². The Morgan fingerprint density at radius 2 is 2.00 bits per heavy atom. The minimum absolute atomic E-state index is 0.0497. The van der Waals surface area contributed by atoms with Gasteiger partial charge in [-0.1, -0.05) is 37.3 Å². The molecule has 0 aliphatic carbocycles. The summed E-state index contributed by atoms with van der Waals surface area (Å²) < 4.78 is 7.12. The molecule has 0 radical (unpaired) electrons. The standard InChI is InChI=1S/C23H31N3O3/c1-4-19(17-10-6-5-7-11-17)24-22(27)18-16-21(23(28)25(2)14-15-29-3)26-13-9-8-12-20(18)26/h5-7,10-11,16,19H,4,8-9,12-15H2,1-3H3,(H,24,27). The van der Waals surface area contributed by atoms with Gasteiger partial charge in [0.2, 0.25) is 0 Å². The van der Waals surface area contributed by atoms with E-state index < -0.39 is 0 Å². The lowest BCUT2D eigenvalue weighted by Crippen LogP contribution is -2.32. The zero-order valence-corrected chi connectivity index (χ0v) is 17.6. The van der Waals surface area contributed by atoms with E-state index in [1.165, 1.54) is 0 Å². The number of ether oxygens (including phenoxy) is 1. The summed E-state index contributed by atoms with van der Waals surface area (Å²) in [4.78, 5) is 27.8. The van der Waals surface area contributed by atoms with E-state index in [1.54, 1.807) is 25.1 Å². The molecule has 2 amide bonds. The predicted octanol–water partition coefficient (Wildman–Crippen LogP) is 3.42. The maximum absolute atomic E-state index is 13.2. The van der Waals surface area contributed by atoms with Crippen LogP contribution in [0.15, 0.2) is 36.4 Å². The van der Waals surface area contributed by atoms with Gasteiger partial charge in [0.25, 0.3) is 11.8 Å². The first kappa shape index (κ1) is 21.1. The van der Waals surface area contributed by atoms with Crippen molar-refractivity contribution in [3.8, 4) is 0 Å². The number of methoxy groups -OCH3 is 1. The van der Waals surface area contributed by atoms with Crippen molar-refractivity contribution in [1.29, 1.82) is 0 Å². The third kappa shape index (κ3) is 4.70. The molecule has 0 saturated carbocycles. The van der Waals surface area contributed by atoms with Gasteiger partial charge in [-0.3, -0.25) is 9.59 Å². The summed E-state index contributed by atoms with van der Waals surface area (Å²) in [5.74, 6) is -0.177. The lowest BCUT2D eigenvalue weighted by Gasteiger charge is -2.22. The van der Waals surface area contributed by atoms with E-state index in [2.05, 4.69) is 12.2 Å². The number of amides is 2. The smallest absolute Gasteiger partial charge is 0.270 e. The quantitative estimate of drug-likeness (QED) is 0.742. The van der Waals surface area contributed by atoms with Gasteiger partial charge in [-0.15, -0.1) is 0 Å². The average molecular weight is 398 g/mol. The van der Waals surface area contributed by atoms with Crippen molar-refractivity contribution in [3.05, 3.63) is 58.9 Å². The molecule has 1 N–H and O–H groups in total. The van der Waals surface area contributed by atoms with Gasteiger partial charge in [0.05, 0.1) is 18.2 Å². The minimum Gasteiger partial charge on any atom is -0.383 e. The number of rotatable bonds is 8. The monoisotopic (exact) mass is 397 g/mol. The zero-order valence-electron chi connectivity index (χ0n) is 17.6. The van der Waals surface area contributed by atoms with Gasteiger partial charge in [0.1, 0.15) is 5.69 Å². The number of fused-ring (bicyclic) bond motifs is 1. The van der Waals surface area contributed by atoms with Gasteiger partial charge < -0.3 is 19.5 Å². The zero-order chi connectivity index (χ0) is 20.8. The van der Waals surface area contributed by atoms with Gasteiger partial charge >= 0.3 is 0 Å². The minimum atomic E-state index is -0.107. The van der Waals surface area contributed by atoms with Crippen molar-refractivity contribution in [2.24, 2.45) is 0 Å². The highest BCUT2D eigenvalue weighted by molar-refractivity contribution is 6.00. The Morgan fingerprint density at radius 1 is 1.24 bits per heavy atom. The fourth-order valence-corrected chi connectivity index (χ4v) is 3.92.